The predicted octanol–water partition coefficient (Wildman–Crippen LogP) is 0.978. The van der Waals surface area contributed by atoms with Crippen LogP contribution in [0.4, 0.5) is 0 Å². The second-order valence-corrected chi connectivity index (χ2v) is 4.95. The number of H-pyrrole nitrogens is 1. The Morgan fingerprint density at radius 2 is 2.23 bits per heavy atom. The normalized spacial score (nSPS) is 17.6. The predicted molar refractivity (Wildman–Crippen MR) is 85.2 cm³/mol. The number of nitrogens with one attached hydrogen (secondary N) is 2. The molecule has 1 saturated heterocycles. The number of hydrogen-bond acceptors (Lipinski definition) is 4. The molecule has 1 aliphatic heterocycles. The lowest BCUT2D eigenvalue weighted by Gasteiger charge is -2.36. The molecule has 1 atom stereocenters. The molecule has 3 rings (SSSR count). The van der Waals surface area contributed by atoms with E-state index in [0.717, 1.165) is 12.1 Å². The van der Waals surface area contributed by atoms with E-state index < -0.39 is 0 Å². The number of piperazine rings is 1. The van der Waals surface area contributed by atoms with Crippen LogP contribution in [-0.2, 0) is 0 Å². The summed E-state index contributed by atoms with van der Waals surface area (Å²) in [5.41, 5.74) is 1.13. The first kappa shape index (κ1) is 16.2. The van der Waals surface area contributed by atoms with Gasteiger partial charge in [0.25, 0.3) is 5.91 Å². The third-order valence-corrected chi connectivity index (χ3v) is 3.60. The molecule has 1 unspecified atom stereocenters. The van der Waals surface area contributed by atoms with E-state index in [1.165, 1.54) is 12.3 Å². The molecule has 6 nitrogen and oxygen atoms in total. The number of carbonyl (C=O) groups is 1. The smallest absolute Gasteiger partial charge is 0.254 e. The molecule has 1 aliphatic rings. The highest BCUT2D eigenvalue weighted by molar-refractivity contribution is 5.94. The van der Waals surface area contributed by atoms with E-state index >= 15 is 0 Å². The van der Waals surface area contributed by atoms with Crippen LogP contribution in [0.3, 0.4) is 0 Å². The van der Waals surface area contributed by atoms with E-state index in [0.29, 0.717) is 18.7 Å². The highest BCUT2D eigenvalue weighted by atomic mass is 35.5. The van der Waals surface area contributed by atoms with Crippen LogP contribution >= 0.6 is 12.4 Å². The van der Waals surface area contributed by atoms with Crippen molar-refractivity contribution in [2.75, 3.05) is 19.6 Å². The number of nitrogens with zero attached hydrogens (tertiary/aromatic N) is 2. The second kappa shape index (κ2) is 7.20. The topological polar surface area (TPSA) is 78.1 Å². The van der Waals surface area contributed by atoms with E-state index in [2.05, 4.69) is 15.3 Å². The molecule has 1 fully saturated rings. The largest absolute Gasteiger partial charge is 0.329 e. The van der Waals surface area contributed by atoms with Gasteiger partial charge in [-0.05, 0) is 17.7 Å². The van der Waals surface area contributed by atoms with Gasteiger partial charge in [-0.15, -0.1) is 12.4 Å². The molecule has 22 heavy (non-hydrogen) atoms. The summed E-state index contributed by atoms with van der Waals surface area (Å²) in [6.07, 6.45) is 4.98. The number of carbonyl (C=O) groups excluding carboxylic acids is 1. The van der Waals surface area contributed by atoms with Crippen molar-refractivity contribution in [3.8, 4) is 0 Å². The Morgan fingerprint density at radius 3 is 2.95 bits per heavy atom. The van der Waals surface area contributed by atoms with Gasteiger partial charge in [-0.3, -0.25) is 14.6 Å². The minimum Gasteiger partial charge on any atom is -0.329 e. The fraction of sp³-hybridized carbons (Fsp3) is 0.267. The molecule has 2 aromatic rings. The van der Waals surface area contributed by atoms with Crippen LogP contribution in [0, 0.1) is 0 Å². The van der Waals surface area contributed by atoms with Crippen LogP contribution in [0.15, 0.2) is 47.7 Å². The number of hydrogen-bond donors (Lipinski definition) is 2. The number of aromatic amines is 1. The number of pyridine rings is 2. The lowest BCUT2D eigenvalue weighted by molar-refractivity contribution is 0.0633. The van der Waals surface area contributed by atoms with E-state index in [1.54, 1.807) is 23.4 Å². The summed E-state index contributed by atoms with van der Waals surface area (Å²) < 4.78 is 0. The lowest BCUT2D eigenvalue weighted by atomic mass is 10.0. The zero-order chi connectivity index (χ0) is 14.7. The Hall–Kier alpha value is -2.18. The van der Waals surface area contributed by atoms with Crippen LogP contribution in [0.1, 0.15) is 22.0 Å². The molecular weight excluding hydrogens is 304 g/mol. The quantitative estimate of drug-likeness (QED) is 0.864. The van der Waals surface area contributed by atoms with Gasteiger partial charge in [-0.2, -0.15) is 0 Å². The monoisotopic (exact) mass is 320 g/mol. The van der Waals surface area contributed by atoms with E-state index in [4.69, 9.17) is 0 Å². The fourth-order valence-electron chi connectivity index (χ4n) is 2.56. The van der Waals surface area contributed by atoms with Crippen molar-refractivity contribution in [2.45, 2.75) is 6.04 Å². The van der Waals surface area contributed by atoms with Gasteiger partial charge in [-0.25, -0.2) is 0 Å². The number of aromatic nitrogens is 2. The van der Waals surface area contributed by atoms with Crippen LogP contribution < -0.4 is 10.9 Å². The zero-order valence-corrected chi connectivity index (χ0v) is 12.7. The van der Waals surface area contributed by atoms with Crippen molar-refractivity contribution >= 4 is 18.3 Å². The van der Waals surface area contributed by atoms with Crippen molar-refractivity contribution in [3.05, 3.63) is 64.3 Å². The summed E-state index contributed by atoms with van der Waals surface area (Å²) in [6, 6.07) is 6.72. The van der Waals surface area contributed by atoms with Crippen LogP contribution in [0.2, 0.25) is 0 Å². The summed E-state index contributed by atoms with van der Waals surface area (Å²) in [6.45, 7) is 2.03. The van der Waals surface area contributed by atoms with E-state index in [1.807, 2.05) is 12.1 Å². The van der Waals surface area contributed by atoms with Crippen molar-refractivity contribution in [2.24, 2.45) is 0 Å². The SMILES string of the molecule is Cl.O=C(c1cc[nH]c(=O)c1)N1CCNCC1c1cccnc1. The van der Waals surface area contributed by atoms with Gasteiger partial charge < -0.3 is 15.2 Å². The molecule has 2 aromatic heterocycles. The number of halogens is 1. The molecule has 0 bridgehead atoms. The third-order valence-electron chi connectivity index (χ3n) is 3.60. The molecule has 0 saturated carbocycles. The molecule has 0 radical (unpaired) electrons. The maximum Gasteiger partial charge on any atom is 0.254 e. The molecule has 1 amide bonds. The summed E-state index contributed by atoms with van der Waals surface area (Å²) in [5, 5.41) is 3.29. The standard InChI is InChI=1S/C15H16N4O2.ClH/c20-14-8-11(3-5-18-14)15(21)19-7-6-17-10-13(19)12-2-1-4-16-9-12;/h1-5,8-9,13,17H,6-7,10H2,(H,18,20);1H. The average Bonchev–Trinajstić information content (AvgIpc) is 2.55. The molecule has 2 N–H and O–H groups in total. The van der Waals surface area contributed by atoms with Gasteiger partial charge in [0.1, 0.15) is 0 Å². The Morgan fingerprint density at radius 1 is 1.36 bits per heavy atom. The summed E-state index contributed by atoms with van der Waals surface area (Å²) in [7, 11) is 0. The fourth-order valence-corrected chi connectivity index (χ4v) is 2.56. The van der Waals surface area contributed by atoms with Gasteiger partial charge in [-0.1, -0.05) is 6.07 Å². The Balaban J connectivity index is 0.00000176. The van der Waals surface area contributed by atoms with Crippen molar-refractivity contribution in [1.29, 1.82) is 0 Å². The van der Waals surface area contributed by atoms with Crippen LogP contribution in [0.5, 0.6) is 0 Å². The van der Waals surface area contributed by atoms with Gasteiger partial charge in [0.15, 0.2) is 0 Å². The Bertz CT molecular complexity index is 689. The highest BCUT2D eigenvalue weighted by Gasteiger charge is 2.28. The minimum absolute atomic E-state index is 0. The van der Waals surface area contributed by atoms with Gasteiger partial charge in [0.05, 0.1) is 6.04 Å². The molecule has 0 spiro atoms. The van der Waals surface area contributed by atoms with E-state index in [9.17, 15) is 9.59 Å². The van der Waals surface area contributed by atoms with Gasteiger partial charge in [0.2, 0.25) is 5.56 Å². The molecule has 0 aromatic carbocycles. The Kier molecular flexibility index (Phi) is 5.30. The molecule has 0 aliphatic carbocycles. The second-order valence-electron chi connectivity index (χ2n) is 4.95. The van der Waals surface area contributed by atoms with Gasteiger partial charge in [0, 0.05) is 49.9 Å². The summed E-state index contributed by atoms with van der Waals surface area (Å²) in [4.78, 5) is 32.5. The van der Waals surface area contributed by atoms with Crippen molar-refractivity contribution in [1.82, 2.24) is 20.2 Å². The first-order valence-corrected chi connectivity index (χ1v) is 6.86. The van der Waals surface area contributed by atoms with Crippen molar-refractivity contribution in [3.63, 3.8) is 0 Å². The first-order valence-electron chi connectivity index (χ1n) is 6.86. The Labute approximate surface area is 134 Å². The van der Waals surface area contributed by atoms with E-state index in [-0.39, 0.29) is 29.9 Å². The minimum atomic E-state index is -0.270. The van der Waals surface area contributed by atoms with Crippen LogP contribution in [0.25, 0.3) is 0 Å². The summed E-state index contributed by atoms with van der Waals surface area (Å²) in [5.74, 6) is -0.128. The lowest BCUT2D eigenvalue weighted by Crippen LogP contribution is -2.48. The molecule has 116 valence electrons. The first-order chi connectivity index (χ1) is 10.3. The van der Waals surface area contributed by atoms with Gasteiger partial charge >= 0.3 is 0 Å². The van der Waals surface area contributed by atoms with Crippen LogP contribution in [-0.4, -0.2) is 40.4 Å². The molecular formula is C15H17ClN4O2. The number of rotatable bonds is 2. The third kappa shape index (κ3) is 3.35. The molecule has 3 heterocycles. The molecule has 7 heteroatoms. The summed E-state index contributed by atoms with van der Waals surface area (Å²) >= 11 is 0. The highest BCUT2D eigenvalue weighted by Crippen LogP contribution is 2.23. The average molecular weight is 321 g/mol. The number of amides is 1. The zero-order valence-electron chi connectivity index (χ0n) is 11.9. The van der Waals surface area contributed by atoms with Crippen molar-refractivity contribution < 1.29 is 4.79 Å². The maximum atomic E-state index is 12.7. The maximum absolute atomic E-state index is 12.7.